The maximum Gasteiger partial charge on any atom is 0.158 e. The third-order valence-electron chi connectivity index (χ3n) is 8.15. The third kappa shape index (κ3) is 5.79. The molecule has 1 aliphatic heterocycles. The number of nitrogens with zero attached hydrogens (tertiary/aromatic N) is 3. The van der Waals surface area contributed by atoms with Crippen LogP contribution in [0.25, 0.3) is 33.3 Å². The Hall–Kier alpha value is -4.44. The largest absolute Gasteiger partial charge is 0.496 e. The van der Waals surface area contributed by atoms with Crippen molar-refractivity contribution in [3.63, 3.8) is 0 Å². The Balaban J connectivity index is 1.31. The molecule has 0 spiro atoms. The van der Waals surface area contributed by atoms with Gasteiger partial charge in [0, 0.05) is 49.0 Å². The molecule has 2 aromatic heterocycles. The number of pyridine rings is 1. The third-order valence-corrected chi connectivity index (χ3v) is 8.15. The van der Waals surface area contributed by atoms with Crippen LogP contribution in [0.2, 0.25) is 0 Å². The molecule has 0 radical (unpaired) electrons. The van der Waals surface area contributed by atoms with Crippen molar-refractivity contribution in [1.82, 2.24) is 20.3 Å². The molecule has 3 N–H and O–H groups in total. The van der Waals surface area contributed by atoms with Crippen LogP contribution < -0.4 is 15.4 Å². The van der Waals surface area contributed by atoms with Crippen molar-refractivity contribution in [1.29, 1.82) is 0 Å². The molecule has 1 saturated heterocycles. The van der Waals surface area contributed by atoms with Gasteiger partial charge in [0.2, 0.25) is 0 Å². The molecule has 6 rings (SSSR count). The number of halogens is 1. The highest BCUT2D eigenvalue weighted by Crippen LogP contribution is 2.38. The minimum Gasteiger partial charge on any atom is -0.496 e. The number of hydrogen-bond donors (Lipinski definition) is 3. The zero-order chi connectivity index (χ0) is 29.9. The molecule has 2 atom stereocenters. The van der Waals surface area contributed by atoms with Gasteiger partial charge in [-0.15, -0.1) is 0 Å². The van der Waals surface area contributed by atoms with Crippen molar-refractivity contribution in [2.24, 2.45) is 0 Å². The lowest BCUT2D eigenvalue weighted by molar-refractivity contribution is -0.0281. The van der Waals surface area contributed by atoms with E-state index in [4.69, 9.17) is 9.47 Å². The van der Waals surface area contributed by atoms with Gasteiger partial charge in [0.25, 0.3) is 0 Å². The van der Waals surface area contributed by atoms with E-state index >= 15 is 4.39 Å². The Kier molecular flexibility index (Phi) is 8.29. The van der Waals surface area contributed by atoms with Gasteiger partial charge in [-0.1, -0.05) is 30.3 Å². The number of aliphatic hydroxyl groups is 1. The number of methoxy groups -OCH3 is 1. The SMILES string of the molecule is COc1cc(-c2cccc(-c3cccc(Nc4nccc5nccnc45)c3C)c2C)cc(F)c1CN[C@@H]1CCOC[C@@H]1O. The lowest BCUT2D eigenvalue weighted by atomic mass is 9.90. The number of fused-ring (bicyclic) bond motifs is 1. The van der Waals surface area contributed by atoms with Crippen LogP contribution in [0.1, 0.15) is 23.1 Å². The lowest BCUT2D eigenvalue weighted by Crippen LogP contribution is -2.46. The van der Waals surface area contributed by atoms with Crippen molar-refractivity contribution in [2.75, 3.05) is 25.6 Å². The first-order valence-corrected chi connectivity index (χ1v) is 14.3. The van der Waals surface area contributed by atoms with E-state index in [2.05, 4.69) is 51.6 Å². The molecule has 0 amide bonds. The fraction of sp³-hybridized carbons (Fsp3) is 0.265. The zero-order valence-electron chi connectivity index (χ0n) is 24.4. The quantitative estimate of drug-likeness (QED) is 0.203. The number of benzene rings is 3. The topological polar surface area (TPSA) is 101 Å². The summed E-state index contributed by atoms with van der Waals surface area (Å²) in [6, 6.07) is 17.3. The Labute approximate surface area is 250 Å². The first kappa shape index (κ1) is 28.7. The average Bonchev–Trinajstić information content (AvgIpc) is 3.02. The summed E-state index contributed by atoms with van der Waals surface area (Å²) in [5.74, 6) is 0.739. The van der Waals surface area contributed by atoms with Crippen molar-refractivity contribution >= 4 is 22.5 Å². The van der Waals surface area contributed by atoms with Gasteiger partial charge < -0.3 is 25.2 Å². The van der Waals surface area contributed by atoms with Gasteiger partial charge in [0.05, 0.1) is 25.3 Å². The predicted octanol–water partition coefficient (Wildman–Crippen LogP) is 6.11. The van der Waals surface area contributed by atoms with E-state index in [1.807, 2.05) is 36.4 Å². The summed E-state index contributed by atoms with van der Waals surface area (Å²) in [5, 5.41) is 16.9. The van der Waals surface area contributed by atoms with Crippen LogP contribution in [0.4, 0.5) is 15.9 Å². The van der Waals surface area contributed by atoms with Gasteiger partial charge in [-0.3, -0.25) is 4.98 Å². The number of nitrogens with one attached hydrogen (secondary N) is 2. The summed E-state index contributed by atoms with van der Waals surface area (Å²) in [6.45, 7) is 5.21. The first-order valence-electron chi connectivity index (χ1n) is 14.3. The fourth-order valence-corrected chi connectivity index (χ4v) is 5.73. The van der Waals surface area contributed by atoms with Crippen LogP contribution in [0.3, 0.4) is 0 Å². The van der Waals surface area contributed by atoms with Crippen molar-refractivity contribution < 1.29 is 19.0 Å². The fourth-order valence-electron chi connectivity index (χ4n) is 5.73. The summed E-state index contributed by atoms with van der Waals surface area (Å²) in [7, 11) is 1.55. The molecule has 3 heterocycles. The molecule has 1 aliphatic rings. The minimum absolute atomic E-state index is 0.158. The van der Waals surface area contributed by atoms with Crippen LogP contribution in [-0.4, -0.2) is 52.5 Å². The summed E-state index contributed by atoms with van der Waals surface area (Å²) < 4.78 is 26.5. The van der Waals surface area contributed by atoms with Gasteiger partial charge in [-0.2, -0.15) is 0 Å². The monoisotopic (exact) mass is 579 g/mol. The highest BCUT2D eigenvalue weighted by atomic mass is 19.1. The molecule has 8 nitrogen and oxygen atoms in total. The lowest BCUT2D eigenvalue weighted by Gasteiger charge is -2.29. The van der Waals surface area contributed by atoms with E-state index in [-0.39, 0.29) is 25.0 Å². The molecular weight excluding hydrogens is 545 g/mol. The van der Waals surface area contributed by atoms with Gasteiger partial charge >= 0.3 is 0 Å². The number of ether oxygens (including phenoxy) is 2. The van der Waals surface area contributed by atoms with Crippen LogP contribution in [-0.2, 0) is 11.3 Å². The Bertz CT molecular complexity index is 1770. The molecule has 0 aliphatic carbocycles. The zero-order valence-corrected chi connectivity index (χ0v) is 24.4. The predicted molar refractivity (Wildman–Crippen MR) is 166 cm³/mol. The number of aromatic nitrogens is 3. The average molecular weight is 580 g/mol. The molecule has 9 heteroatoms. The molecule has 0 saturated carbocycles. The minimum atomic E-state index is -0.624. The number of hydrogen-bond acceptors (Lipinski definition) is 8. The Morgan fingerprint density at radius 3 is 2.53 bits per heavy atom. The van der Waals surface area contributed by atoms with Crippen LogP contribution >= 0.6 is 0 Å². The van der Waals surface area contributed by atoms with Crippen LogP contribution in [0.15, 0.2) is 73.2 Å². The second kappa shape index (κ2) is 12.4. The standard InChI is InChI=1S/C34H34FN5O3/c1-20-23(22-16-27(35)26(32(17-22)42-3)18-39-29-11-15-43-19-31(29)41)6-4-7-24(20)25-8-5-9-28(21(25)2)40-34-33-30(10-12-38-34)36-13-14-37-33/h4-10,12-14,16-17,29,31,39,41H,11,15,18-19H2,1-3H3,(H,38,40)/t29-,31+/m1/s1. The van der Waals surface area contributed by atoms with Gasteiger partial charge in [-0.05, 0) is 77.9 Å². The molecule has 1 fully saturated rings. The van der Waals surface area contributed by atoms with Crippen LogP contribution in [0.5, 0.6) is 5.75 Å². The van der Waals surface area contributed by atoms with Crippen molar-refractivity contribution in [3.05, 3.63) is 95.7 Å². The molecular formula is C34H34FN5O3. The normalized spacial score (nSPS) is 16.8. The van der Waals surface area contributed by atoms with Crippen LogP contribution in [0, 0.1) is 19.7 Å². The van der Waals surface area contributed by atoms with Crippen molar-refractivity contribution in [3.8, 4) is 28.0 Å². The highest BCUT2D eigenvalue weighted by molar-refractivity contribution is 5.89. The van der Waals surface area contributed by atoms with E-state index in [0.29, 0.717) is 35.7 Å². The van der Waals surface area contributed by atoms with E-state index in [0.717, 1.165) is 44.6 Å². The molecule has 0 bridgehead atoms. The smallest absolute Gasteiger partial charge is 0.158 e. The number of aliphatic hydroxyl groups excluding tert-OH is 1. The molecule has 220 valence electrons. The highest BCUT2D eigenvalue weighted by Gasteiger charge is 2.24. The first-order chi connectivity index (χ1) is 20.9. The molecule has 5 aromatic rings. The Morgan fingerprint density at radius 1 is 0.953 bits per heavy atom. The van der Waals surface area contributed by atoms with Gasteiger partial charge in [-0.25, -0.2) is 14.4 Å². The Morgan fingerprint density at radius 2 is 1.72 bits per heavy atom. The van der Waals surface area contributed by atoms with E-state index in [1.54, 1.807) is 31.8 Å². The summed E-state index contributed by atoms with van der Waals surface area (Å²) in [5.41, 5.74) is 8.62. The van der Waals surface area contributed by atoms with E-state index in [9.17, 15) is 5.11 Å². The molecule has 3 aromatic carbocycles. The second-order valence-corrected chi connectivity index (χ2v) is 10.7. The summed E-state index contributed by atoms with van der Waals surface area (Å²) in [6.07, 6.45) is 5.08. The maximum absolute atomic E-state index is 15.6. The molecule has 43 heavy (non-hydrogen) atoms. The summed E-state index contributed by atoms with van der Waals surface area (Å²) >= 11 is 0. The second-order valence-electron chi connectivity index (χ2n) is 10.7. The van der Waals surface area contributed by atoms with Gasteiger partial charge in [0.15, 0.2) is 5.82 Å². The number of rotatable bonds is 8. The summed E-state index contributed by atoms with van der Waals surface area (Å²) in [4.78, 5) is 13.4. The van der Waals surface area contributed by atoms with E-state index in [1.165, 1.54) is 0 Å². The number of anilines is 2. The molecule has 0 unspecified atom stereocenters. The van der Waals surface area contributed by atoms with Crippen molar-refractivity contribution in [2.45, 2.75) is 39.0 Å². The maximum atomic E-state index is 15.6. The van der Waals surface area contributed by atoms with E-state index < -0.39 is 6.10 Å². The van der Waals surface area contributed by atoms with Gasteiger partial charge in [0.1, 0.15) is 17.1 Å².